The first-order valence-electron chi connectivity index (χ1n) is 5.48. The molecule has 1 heterocycles. The molecule has 0 N–H and O–H groups in total. The van der Waals surface area contributed by atoms with Gasteiger partial charge in [0.05, 0.1) is 5.56 Å². The number of halogens is 1. The standard InChI is InChI=1S/C13H13FN2O/c1-2-16-6-5-15-13(16)8-10-3-4-12(14)11(7-10)9-17/h3-7,9H,2,8H2,1H3. The summed E-state index contributed by atoms with van der Waals surface area (Å²) in [7, 11) is 0. The zero-order valence-electron chi connectivity index (χ0n) is 9.56. The summed E-state index contributed by atoms with van der Waals surface area (Å²) in [5.41, 5.74) is 0.978. The summed E-state index contributed by atoms with van der Waals surface area (Å²) in [6.07, 6.45) is 4.77. The van der Waals surface area contributed by atoms with Crippen molar-refractivity contribution in [3.63, 3.8) is 0 Å². The van der Waals surface area contributed by atoms with E-state index in [1.54, 1.807) is 18.3 Å². The third-order valence-electron chi connectivity index (χ3n) is 2.69. The number of carbonyl (C=O) groups excluding carboxylic acids is 1. The molecule has 0 unspecified atom stereocenters. The Kier molecular flexibility index (Phi) is 3.32. The largest absolute Gasteiger partial charge is 0.335 e. The highest BCUT2D eigenvalue weighted by molar-refractivity contribution is 5.75. The molecule has 0 radical (unpaired) electrons. The summed E-state index contributed by atoms with van der Waals surface area (Å²) in [5, 5.41) is 0. The van der Waals surface area contributed by atoms with Crippen LogP contribution in [-0.4, -0.2) is 15.8 Å². The molecule has 0 aliphatic carbocycles. The lowest BCUT2D eigenvalue weighted by Gasteiger charge is -2.05. The molecule has 0 atom stereocenters. The van der Waals surface area contributed by atoms with Crippen molar-refractivity contribution in [1.82, 2.24) is 9.55 Å². The maximum Gasteiger partial charge on any atom is 0.153 e. The molecule has 0 fully saturated rings. The molecule has 3 nitrogen and oxygen atoms in total. The van der Waals surface area contributed by atoms with Crippen LogP contribution in [0.5, 0.6) is 0 Å². The fourth-order valence-corrected chi connectivity index (χ4v) is 1.77. The van der Waals surface area contributed by atoms with E-state index in [2.05, 4.69) is 4.98 Å². The number of imidazole rings is 1. The summed E-state index contributed by atoms with van der Waals surface area (Å²) in [5.74, 6) is 0.429. The van der Waals surface area contributed by atoms with Crippen molar-refractivity contribution in [3.8, 4) is 0 Å². The van der Waals surface area contributed by atoms with Crippen LogP contribution in [0.2, 0.25) is 0 Å². The average molecular weight is 232 g/mol. The molecule has 0 bridgehead atoms. The van der Waals surface area contributed by atoms with Crippen LogP contribution in [0.3, 0.4) is 0 Å². The number of aldehydes is 1. The molecule has 0 saturated carbocycles. The molecule has 0 saturated heterocycles. The van der Waals surface area contributed by atoms with E-state index in [0.717, 1.165) is 17.9 Å². The van der Waals surface area contributed by atoms with Gasteiger partial charge in [0.2, 0.25) is 0 Å². The molecular weight excluding hydrogens is 219 g/mol. The minimum atomic E-state index is -0.484. The molecule has 2 rings (SSSR count). The highest BCUT2D eigenvalue weighted by atomic mass is 19.1. The SMILES string of the molecule is CCn1ccnc1Cc1ccc(F)c(C=O)c1. The lowest BCUT2D eigenvalue weighted by atomic mass is 10.1. The Morgan fingerprint density at radius 1 is 1.47 bits per heavy atom. The van der Waals surface area contributed by atoms with Gasteiger partial charge in [-0.3, -0.25) is 4.79 Å². The minimum absolute atomic E-state index is 0.0945. The smallest absolute Gasteiger partial charge is 0.153 e. The van der Waals surface area contributed by atoms with E-state index in [1.807, 2.05) is 17.7 Å². The van der Waals surface area contributed by atoms with E-state index in [9.17, 15) is 9.18 Å². The van der Waals surface area contributed by atoms with Crippen LogP contribution in [0.15, 0.2) is 30.6 Å². The van der Waals surface area contributed by atoms with Crippen LogP contribution in [0.1, 0.15) is 28.7 Å². The van der Waals surface area contributed by atoms with Crippen molar-refractivity contribution in [3.05, 3.63) is 53.4 Å². The Hall–Kier alpha value is -1.97. The second kappa shape index (κ2) is 4.91. The van der Waals surface area contributed by atoms with E-state index < -0.39 is 5.82 Å². The Morgan fingerprint density at radius 2 is 2.29 bits per heavy atom. The second-order valence-electron chi connectivity index (χ2n) is 3.78. The fourth-order valence-electron chi connectivity index (χ4n) is 1.77. The van der Waals surface area contributed by atoms with Gasteiger partial charge in [0.1, 0.15) is 11.6 Å². The van der Waals surface area contributed by atoms with Crippen molar-refractivity contribution in [2.75, 3.05) is 0 Å². The number of hydrogen-bond donors (Lipinski definition) is 0. The monoisotopic (exact) mass is 232 g/mol. The van der Waals surface area contributed by atoms with Gasteiger partial charge >= 0.3 is 0 Å². The highest BCUT2D eigenvalue weighted by Gasteiger charge is 2.06. The molecule has 17 heavy (non-hydrogen) atoms. The van der Waals surface area contributed by atoms with E-state index in [-0.39, 0.29) is 5.56 Å². The Labute approximate surface area is 98.9 Å². The quantitative estimate of drug-likeness (QED) is 0.759. The summed E-state index contributed by atoms with van der Waals surface area (Å²) < 4.78 is 15.2. The molecule has 0 amide bonds. The number of aryl methyl sites for hydroxylation is 1. The molecular formula is C13H13FN2O. The predicted octanol–water partition coefficient (Wildman–Crippen LogP) is 2.45. The van der Waals surface area contributed by atoms with Crippen LogP contribution in [0.4, 0.5) is 4.39 Å². The maximum atomic E-state index is 13.1. The van der Waals surface area contributed by atoms with Crippen molar-refractivity contribution < 1.29 is 9.18 Å². The summed E-state index contributed by atoms with van der Waals surface area (Å²) in [4.78, 5) is 14.9. The zero-order valence-corrected chi connectivity index (χ0v) is 9.56. The number of rotatable bonds is 4. The second-order valence-corrected chi connectivity index (χ2v) is 3.78. The fraction of sp³-hybridized carbons (Fsp3) is 0.231. The molecule has 2 aromatic rings. The van der Waals surface area contributed by atoms with Gasteiger partial charge < -0.3 is 4.57 Å². The first-order chi connectivity index (χ1) is 8.24. The molecule has 0 spiro atoms. The van der Waals surface area contributed by atoms with Gasteiger partial charge in [-0.05, 0) is 24.6 Å². The van der Waals surface area contributed by atoms with Gasteiger partial charge in [-0.1, -0.05) is 6.07 Å². The third-order valence-corrected chi connectivity index (χ3v) is 2.69. The van der Waals surface area contributed by atoms with E-state index >= 15 is 0 Å². The van der Waals surface area contributed by atoms with E-state index in [4.69, 9.17) is 0 Å². The number of nitrogens with zero attached hydrogens (tertiary/aromatic N) is 2. The number of carbonyl (C=O) groups is 1. The van der Waals surface area contributed by atoms with Crippen molar-refractivity contribution in [1.29, 1.82) is 0 Å². The molecule has 1 aromatic heterocycles. The lowest BCUT2D eigenvalue weighted by Crippen LogP contribution is -2.02. The van der Waals surface area contributed by atoms with Crippen molar-refractivity contribution >= 4 is 6.29 Å². The molecule has 1 aromatic carbocycles. The third kappa shape index (κ3) is 2.41. The molecule has 88 valence electrons. The summed E-state index contributed by atoms with van der Waals surface area (Å²) >= 11 is 0. The van der Waals surface area contributed by atoms with Gasteiger partial charge in [0.15, 0.2) is 6.29 Å². The molecule has 0 aliphatic heterocycles. The first kappa shape index (κ1) is 11.5. The number of hydrogen-bond acceptors (Lipinski definition) is 2. The predicted molar refractivity (Wildman–Crippen MR) is 62.5 cm³/mol. The number of benzene rings is 1. The maximum absolute atomic E-state index is 13.1. The summed E-state index contributed by atoms with van der Waals surface area (Å²) in [6, 6.07) is 4.56. The van der Waals surface area contributed by atoms with Crippen LogP contribution in [0, 0.1) is 5.82 Å². The van der Waals surface area contributed by atoms with E-state index in [1.165, 1.54) is 6.07 Å². The zero-order chi connectivity index (χ0) is 12.3. The Morgan fingerprint density at radius 3 is 3.00 bits per heavy atom. The van der Waals surface area contributed by atoms with Crippen molar-refractivity contribution in [2.45, 2.75) is 19.9 Å². The highest BCUT2D eigenvalue weighted by Crippen LogP contribution is 2.12. The lowest BCUT2D eigenvalue weighted by molar-refractivity contribution is 0.111. The van der Waals surface area contributed by atoms with Crippen molar-refractivity contribution in [2.24, 2.45) is 0 Å². The van der Waals surface area contributed by atoms with Gasteiger partial charge in [0.25, 0.3) is 0 Å². The Balaban J connectivity index is 2.27. The molecule has 4 heteroatoms. The van der Waals surface area contributed by atoms with Gasteiger partial charge in [-0.15, -0.1) is 0 Å². The Bertz CT molecular complexity index is 534. The van der Waals surface area contributed by atoms with Gasteiger partial charge in [0, 0.05) is 25.4 Å². The van der Waals surface area contributed by atoms with Gasteiger partial charge in [-0.25, -0.2) is 9.37 Å². The first-order valence-corrected chi connectivity index (χ1v) is 5.48. The van der Waals surface area contributed by atoms with Crippen LogP contribution in [0.25, 0.3) is 0 Å². The van der Waals surface area contributed by atoms with E-state index in [0.29, 0.717) is 12.7 Å². The van der Waals surface area contributed by atoms with Crippen LogP contribution >= 0.6 is 0 Å². The number of aromatic nitrogens is 2. The summed E-state index contributed by atoms with van der Waals surface area (Å²) in [6.45, 7) is 2.88. The average Bonchev–Trinajstić information content (AvgIpc) is 2.79. The van der Waals surface area contributed by atoms with Crippen LogP contribution < -0.4 is 0 Å². The van der Waals surface area contributed by atoms with Crippen LogP contribution in [-0.2, 0) is 13.0 Å². The minimum Gasteiger partial charge on any atom is -0.335 e. The molecule has 0 aliphatic rings. The normalized spacial score (nSPS) is 10.5. The topological polar surface area (TPSA) is 34.9 Å². The van der Waals surface area contributed by atoms with Gasteiger partial charge in [-0.2, -0.15) is 0 Å².